The average molecular weight is 531 g/mol. The van der Waals surface area contributed by atoms with Gasteiger partial charge in [-0.3, -0.25) is 14.5 Å². The molecule has 0 aromatic heterocycles. The second-order valence-corrected chi connectivity index (χ2v) is 8.54. The van der Waals surface area contributed by atoms with Gasteiger partial charge in [0.15, 0.2) is 0 Å². The Morgan fingerprint density at radius 1 is 0.833 bits per heavy atom. The van der Waals surface area contributed by atoms with Crippen molar-refractivity contribution in [3.63, 3.8) is 0 Å². The van der Waals surface area contributed by atoms with E-state index in [0.717, 1.165) is 8.95 Å². The van der Waals surface area contributed by atoms with Crippen molar-refractivity contribution >= 4 is 55.0 Å². The molecule has 30 heavy (non-hydrogen) atoms. The van der Waals surface area contributed by atoms with Crippen LogP contribution in [-0.4, -0.2) is 16.8 Å². The fourth-order valence-corrected chi connectivity index (χ4v) is 3.95. The smallest absolute Gasteiger partial charge is 0.300 e. The minimum Gasteiger partial charge on any atom is -0.507 e. The van der Waals surface area contributed by atoms with Gasteiger partial charge in [-0.15, -0.1) is 0 Å². The molecule has 0 aliphatic carbocycles. The largest absolute Gasteiger partial charge is 0.507 e. The second kappa shape index (κ2) is 8.16. The van der Waals surface area contributed by atoms with Gasteiger partial charge in [-0.2, -0.15) is 0 Å². The van der Waals surface area contributed by atoms with E-state index in [1.54, 1.807) is 48.5 Å². The molecule has 0 spiro atoms. The lowest BCUT2D eigenvalue weighted by atomic mass is 9.95. The number of carbonyl (C=O) groups excluding carboxylic acids is 2. The van der Waals surface area contributed by atoms with Crippen molar-refractivity contribution in [2.45, 2.75) is 6.04 Å². The number of halogens is 3. The molecule has 4 rings (SSSR count). The molecule has 0 bridgehead atoms. The van der Waals surface area contributed by atoms with Crippen LogP contribution in [0.5, 0.6) is 0 Å². The summed E-state index contributed by atoms with van der Waals surface area (Å²) in [4.78, 5) is 27.3. The Morgan fingerprint density at radius 3 is 1.93 bits per heavy atom. The van der Waals surface area contributed by atoms with Gasteiger partial charge in [-0.1, -0.05) is 56.1 Å². The molecule has 1 atom stereocenters. The highest BCUT2D eigenvalue weighted by atomic mass is 79.9. The van der Waals surface area contributed by atoms with Crippen LogP contribution >= 0.6 is 31.9 Å². The Labute approximate surface area is 188 Å². The predicted octanol–water partition coefficient (Wildman–Crippen LogP) is 5.98. The van der Waals surface area contributed by atoms with E-state index in [2.05, 4.69) is 31.9 Å². The van der Waals surface area contributed by atoms with Crippen LogP contribution in [0.15, 0.2) is 87.3 Å². The zero-order chi connectivity index (χ0) is 21.4. The number of benzene rings is 3. The molecule has 1 aliphatic heterocycles. The van der Waals surface area contributed by atoms with Gasteiger partial charge in [0.2, 0.25) is 0 Å². The van der Waals surface area contributed by atoms with Crippen molar-refractivity contribution in [3.05, 3.63) is 104 Å². The summed E-state index contributed by atoms with van der Waals surface area (Å²) in [7, 11) is 0. The number of Topliss-reactive ketones (excluding diaryl/α,β-unsaturated/α-hetero) is 1. The van der Waals surface area contributed by atoms with Gasteiger partial charge in [0, 0.05) is 20.2 Å². The standard InChI is InChI=1S/C23H14Br2FNO3/c24-15-5-1-14(2-6-15)21(28)19-20(13-3-9-17(26)10-4-13)27(23(30)22(19)29)18-11-7-16(25)8-12-18/h1-12,20,28H. The first-order valence-corrected chi connectivity index (χ1v) is 10.5. The molecule has 4 nitrogen and oxygen atoms in total. The van der Waals surface area contributed by atoms with Crippen LogP contribution in [0.1, 0.15) is 17.2 Å². The average Bonchev–Trinajstić information content (AvgIpc) is 3.00. The predicted molar refractivity (Wildman–Crippen MR) is 119 cm³/mol. The third-order valence-corrected chi connectivity index (χ3v) is 5.91. The van der Waals surface area contributed by atoms with Gasteiger partial charge in [-0.25, -0.2) is 4.39 Å². The zero-order valence-corrected chi connectivity index (χ0v) is 18.5. The monoisotopic (exact) mass is 529 g/mol. The van der Waals surface area contributed by atoms with Crippen molar-refractivity contribution in [2.75, 3.05) is 4.90 Å². The van der Waals surface area contributed by atoms with Gasteiger partial charge in [0.1, 0.15) is 11.6 Å². The van der Waals surface area contributed by atoms with Gasteiger partial charge in [0.25, 0.3) is 11.7 Å². The highest BCUT2D eigenvalue weighted by Crippen LogP contribution is 2.42. The molecule has 1 aliphatic rings. The summed E-state index contributed by atoms with van der Waals surface area (Å²) in [5, 5.41) is 11.0. The van der Waals surface area contributed by atoms with E-state index in [1.165, 1.54) is 29.2 Å². The van der Waals surface area contributed by atoms with E-state index in [1.807, 2.05) is 0 Å². The van der Waals surface area contributed by atoms with Crippen LogP contribution in [0.3, 0.4) is 0 Å². The normalized spacial score (nSPS) is 18.1. The quantitative estimate of drug-likeness (QED) is 0.257. The summed E-state index contributed by atoms with van der Waals surface area (Å²) < 4.78 is 15.2. The third-order valence-electron chi connectivity index (χ3n) is 4.85. The molecule has 1 fully saturated rings. The van der Waals surface area contributed by atoms with E-state index in [-0.39, 0.29) is 11.3 Å². The molecular formula is C23H14Br2FNO3. The van der Waals surface area contributed by atoms with Gasteiger partial charge >= 0.3 is 0 Å². The molecule has 1 N–H and O–H groups in total. The summed E-state index contributed by atoms with van der Waals surface area (Å²) in [6.07, 6.45) is 0. The molecule has 150 valence electrons. The highest BCUT2D eigenvalue weighted by Gasteiger charge is 2.46. The molecule has 3 aromatic carbocycles. The lowest BCUT2D eigenvalue weighted by Crippen LogP contribution is -2.29. The summed E-state index contributed by atoms with van der Waals surface area (Å²) in [5.74, 6) is -2.28. The van der Waals surface area contributed by atoms with Crippen LogP contribution in [0, 0.1) is 5.82 Å². The molecule has 1 saturated heterocycles. The van der Waals surface area contributed by atoms with Crippen LogP contribution in [-0.2, 0) is 9.59 Å². The fourth-order valence-electron chi connectivity index (χ4n) is 3.42. The van der Waals surface area contributed by atoms with E-state index in [9.17, 15) is 19.1 Å². The topological polar surface area (TPSA) is 57.6 Å². The molecular weight excluding hydrogens is 517 g/mol. The van der Waals surface area contributed by atoms with Crippen LogP contribution in [0.4, 0.5) is 10.1 Å². The van der Waals surface area contributed by atoms with Gasteiger partial charge in [0.05, 0.1) is 11.6 Å². The molecule has 0 saturated carbocycles. The van der Waals surface area contributed by atoms with Crippen LogP contribution in [0.2, 0.25) is 0 Å². The Bertz CT molecular complexity index is 1160. The Hall–Kier alpha value is -2.77. The van der Waals surface area contributed by atoms with Crippen molar-refractivity contribution in [1.82, 2.24) is 0 Å². The first-order chi connectivity index (χ1) is 14.4. The summed E-state index contributed by atoms with van der Waals surface area (Å²) in [6, 6.07) is 18.3. The first kappa shape index (κ1) is 20.5. The lowest BCUT2D eigenvalue weighted by molar-refractivity contribution is -0.132. The molecule has 0 radical (unpaired) electrons. The number of nitrogens with zero attached hydrogens (tertiary/aromatic N) is 1. The number of rotatable bonds is 3. The minimum absolute atomic E-state index is 0.0446. The van der Waals surface area contributed by atoms with E-state index >= 15 is 0 Å². The van der Waals surface area contributed by atoms with Crippen molar-refractivity contribution in [2.24, 2.45) is 0 Å². The summed E-state index contributed by atoms with van der Waals surface area (Å²) in [6.45, 7) is 0. The Kier molecular flexibility index (Phi) is 5.58. The van der Waals surface area contributed by atoms with E-state index in [4.69, 9.17) is 0 Å². The number of aliphatic hydroxyl groups excluding tert-OH is 1. The summed E-state index contributed by atoms with van der Waals surface area (Å²) in [5.41, 5.74) is 1.36. The van der Waals surface area contributed by atoms with Crippen LogP contribution in [0.25, 0.3) is 5.76 Å². The maximum Gasteiger partial charge on any atom is 0.300 e. The fraction of sp³-hybridized carbons (Fsp3) is 0.0435. The van der Waals surface area contributed by atoms with Crippen LogP contribution < -0.4 is 4.90 Å². The Morgan fingerprint density at radius 2 is 1.37 bits per heavy atom. The third kappa shape index (κ3) is 3.70. The zero-order valence-electron chi connectivity index (χ0n) is 15.4. The van der Waals surface area contributed by atoms with Gasteiger partial charge in [-0.05, 0) is 54.1 Å². The SMILES string of the molecule is O=C1C(=O)N(c2ccc(Br)cc2)C(c2ccc(F)cc2)C1=C(O)c1ccc(Br)cc1. The molecule has 7 heteroatoms. The molecule has 1 unspecified atom stereocenters. The molecule has 3 aromatic rings. The molecule has 1 amide bonds. The van der Waals surface area contributed by atoms with E-state index < -0.39 is 23.5 Å². The van der Waals surface area contributed by atoms with Gasteiger partial charge < -0.3 is 5.11 Å². The number of carbonyl (C=O) groups is 2. The number of amides is 1. The maximum absolute atomic E-state index is 13.5. The number of anilines is 1. The number of aliphatic hydroxyl groups is 1. The number of hydrogen-bond donors (Lipinski definition) is 1. The lowest BCUT2D eigenvalue weighted by Gasteiger charge is -2.25. The van der Waals surface area contributed by atoms with E-state index in [0.29, 0.717) is 16.8 Å². The summed E-state index contributed by atoms with van der Waals surface area (Å²) >= 11 is 6.69. The minimum atomic E-state index is -0.893. The highest BCUT2D eigenvalue weighted by molar-refractivity contribution is 9.10. The number of hydrogen-bond acceptors (Lipinski definition) is 3. The molecule has 1 heterocycles. The van der Waals surface area contributed by atoms with Crippen molar-refractivity contribution in [1.29, 1.82) is 0 Å². The second-order valence-electron chi connectivity index (χ2n) is 6.70. The Balaban J connectivity index is 1.93. The first-order valence-electron chi connectivity index (χ1n) is 8.95. The maximum atomic E-state index is 13.5. The van der Waals surface area contributed by atoms with Crippen molar-refractivity contribution < 1.29 is 19.1 Å². The van der Waals surface area contributed by atoms with Crippen molar-refractivity contribution in [3.8, 4) is 0 Å². The number of ketones is 1.